The fraction of sp³-hybridized carbons (Fsp3) is 0.316. The molecule has 1 atom stereocenters. The summed E-state index contributed by atoms with van der Waals surface area (Å²) >= 11 is 12.2. The lowest BCUT2D eigenvalue weighted by atomic mass is 9.94. The van der Waals surface area contributed by atoms with Gasteiger partial charge in [-0.05, 0) is 32.0 Å². The summed E-state index contributed by atoms with van der Waals surface area (Å²) in [7, 11) is 0. The smallest absolute Gasteiger partial charge is 0.353 e. The van der Waals surface area contributed by atoms with Crippen LogP contribution in [-0.2, 0) is 14.4 Å². The predicted octanol–water partition coefficient (Wildman–Crippen LogP) is 5.58. The van der Waals surface area contributed by atoms with Crippen LogP contribution in [0.4, 0.5) is 13.2 Å². The van der Waals surface area contributed by atoms with Gasteiger partial charge < -0.3 is 9.57 Å². The van der Waals surface area contributed by atoms with Crippen molar-refractivity contribution in [2.75, 3.05) is 6.61 Å². The molecule has 1 aromatic heterocycles. The maximum Gasteiger partial charge on any atom is 0.353 e. The van der Waals surface area contributed by atoms with Gasteiger partial charge in [0.05, 0.1) is 28.1 Å². The Hall–Kier alpha value is -2.32. The zero-order valence-corrected chi connectivity index (χ0v) is 16.8. The maximum absolute atomic E-state index is 14.5. The minimum absolute atomic E-state index is 0.0286. The summed E-state index contributed by atoms with van der Waals surface area (Å²) in [6.07, 6.45) is -1.79. The van der Waals surface area contributed by atoms with E-state index in [0.717, 1.165) is 18.3 Å². The second kappa shape index (κ2) is 8.20. The Labute approximate surface area is 174 Å². The lowest BCUT2D eigenvalue weighted by Crippen LogP contribution is -2.37. The number of benzene rings is 1. The molecule has 29 heavy (non-hydrogen) atoms. The highest BCUT2D eigenvalue weighted by Gasteiger charge is 2.44. The van der Waals surface area contributed by atoms with Crippen LogP contribution in [-0.4, -0.2) is 28.9 Å². The first-order valence-electron chi connectivity index (χ1n) is 8.52. The molecule has 5 nitrogen and oxygen atoms in total. The van der Waals surface area contributed by atoms with Crippen LogP contribution in [0.25, 0.3) is 11.3 Å². The Morgan fingerprint density at radius 3 is 2.62 bits per heavy atom. The number of carbonyl (C=O) groups excluding carboxylic acids is 1. The van der Waals surface area contributed by atoms with Gasteiger partial charge in [0.15, 0.2) is 0 Å². The van der Waals surface area contributed by atoms with Gasteiger partial charge >= 0.3 is 5.97 Å². The molecule has 0 spiro atoms. The molecule has 0 aliphatic carbocycles. The van der Waals surface area contributed by atoms with Crippen LogP contribution >= 0.6 is 23.2 Å². The standard InChI is InChI=1S/C19H15Cl2F3N2O3/c1-3-28-18(27)19(2)7-15(26-29-19)10-5-11(14(22)6-12(10)20)16-13(21)4-9(8-25-16)17(23)24/h4-6,8,17H,3,7H2,1-2H3. The maximum atomic E-state index is 14.5. The Kier molecular flexibility index (Phi) is 6.05. The topological polar surface area (TPSA) is 60.8 Å². The van der Waals surface area contributed by atoms with Gasteiger partial charge in [-0.2, -0.15) is 0 Å². The number of pyridine rings is 1. The van der Waals surface area contributed by atoms with Gasteiger partial charge in [-0.1, -0.05) is 28.4 Å². The average Bonchev–Trinajstić information content (AvgIpc) is 3.06. The lowest BCUT2D eigenvalue weighted by molar-refractivity contribution is -0.166. The average molecular weight is 447 g/mol. The van der Waals surface area contributed by atoms with Gasteiger partial charge in [-0.25, -0.2) is 18.0 Å². The number of alkyl halides is 2. The molecule has 0 amide bonds. The van der Waals surface area contributed by atoms with Gasteiger partial charge in [0.1, 0.15) is 5.82 Å². The van der Waals surface area contributed by atoms with Gasteiger partial charge in [0, 0.05) is 29.3 Å². The first-order chi connectivity index (χ1) is 13.7. The molecule has 3 rings (SSSR count). The summed E-state index contributed by atoms with van der Waals surface area (Å²) in [6.45, 7) is 3.35. The predicted molar refractivity (Wildman–Crippen MR) is 102 cm³/mol. The monoisotopic (exact) mass is 446 g/mol. The largest absolute Gasteiger partial charge is 0.463 e. The Balaban J connectivity index is 1.99. The van der Waals surface area contributed by atoms with E-state index in [0.29, 0.717) is 11.3 Å². The number of ether oxygens (including phenoxy) is 1. The van der Waals surface area contributed by atoms with Crippen LogP contribution in [0.2, 0.25) is 10.0 Å². The molecule has 1 aliphatic rings. The summed E-state index contributed by atoms with van der Waals surface area (Å²) < 4.78 is 45.2. The van der Waals surface area contributed by atoms with Gasteiger partial charge in [-0.15, -0.1) is 0 Å². The minimum Gasteiger partial charge on any atom is -0.463 e. The van der Waals surface area contributed by atoms with E-state index in [9.17, 15) is 18.0 Å². The number of oxime groups is 1. The van der Waals surface area contributed by atoms with Crippen LogP contribution < -0.4 is 0 Å². The fourth-order valence-corrected chi connectivity index (χ4v) is 3.34. The summed E-state index contributed by atoms with van der Waals surface area (Å²) in [5, 5.41) is 3.79. The van der Waals surface area contributed by atoms with Crippen molar-refractivity contribution in [3.05, 3.63) is 51.4 Å². The molecule has 154 valence electrons. The first kappa shape index (κ1) is 21.4. The molecular formula is C19H15Cl2F3N2O3. The third-order valence-electron chi connectivity index (χ3n) is 4.31. The number of hydrogen-bond acceptors (Lipinski definition) is 5. The second-order valence-corrected chi connectivity index (χ2v) is 7.28. The number of aromatic nitrogens is 1. The van der Waals surface area contributed by atoms with Crippen LogP contribution in [0.15, 0.2) is 29.6 Å². The summed E-state index contributed by atoms with van der Waals surface area (Å²) in [4.78, 5) is 21.2. The number of nitrogens with zero attached hydrogens (tertiary/aromatic N) is 2. The van der Waals surface area contributed by atoms with Crippen molar-refractivity contribution in [2.24, 2.45) is 5.16 Å². The highest BCUT2D eigenvalue weighted by Crippen LogP contribution is 2.36. The Morgan fingerprint density at radius 1 is 1.28 bits per heavy atom. The van der Waals surface area contributed by atoms with Crippen molar-refractivity contribution in [2.45, 2.75) is 32.3 Å². The van der Waals surface area contributed by atoms with Crippen molar-refractivity contribution in [3.8, 4) is 11.3 Å². The number of hydrogen-bond donors (Lipinski definition) is 0. The molecule has 1 aromatic carbocycles. The van der Waals surface area contributed by atoms with Crippen molar-refractivity contribution in [1.29, 1.82) is 0 Å². The molecule has 2 heterocycles. The Morgan fingerprint density at radius 2 is 2.00 bits per heavy atom. The van der Waals surface area contributed by atoms with E-state index in [-0.39, 0.29) is 39.9 Å². The van der Waals surface area contributed by atoms with E-state index in [2.05, 4.69) is 10.1 Å². The van der Waals surface area contributed by atoms with Gasteiger partial charge in [0.2, 0.25) is 5.60 Å². The first-order valence-corrected chi connectivity index (χ1v) is 9.27. The molecule has 2 aromatic rings. The van der Waals surface area contributed by atoms with Crippen LogP contribution in [0.3, 0.4) is 0 Å². The van der Waals surface area contributed by atoms with Crippen LogP contribution in [0.5, 0.6) is 0 Å². The van der Waals surface area contributed by atoms with Crippen molar-refractivity contribution in [3.63, 3.8) is 0 Å². The van der Waals surface area contributed by atoms with Crippen LogP contribution in [0, 0.1) is 5.82 Å². The summed E-state index contributed by atoms with van der Waals surface area (Å²) in [5.74, 6) is -1.34. The molecule has 0 saturated carbocycles. The number of halogens is 5. The third kappa shape index (κ3) is 4.18. The SMILES string of the molecule is CCOC(=O)C1(C)CC(c2cc(-c3ncc(C(F)F)cc3Cl)c(F)cc2Cl)=NO1. The molecule has 0 saturated heterocycles. The molecule has 1 unspecified atom stereocenters. The van der Waals surface area contributed by atoms with Gasteiger partial charge in [0.25, 0.3) is 6.43 Å². The minimum atomic E-state index is -2.76. The Bertz CT molecular complexity index is 1000. The highest BCUT2D eigenvalue weighted by molar-refractivity contribution is 6.35. The van der Waals surface area contributed by atoms with Crippen molar-refractivity contribution in [1.82, 2.24) is 4.98 Å². The zero-order valence-electron chi connectivity index (χ0n) is 15.3. The molecule has 0 bridgehead atoms. The van der Waals surface area contributed by atoms with Crippen molar-refractivity contribution >= 4 is 34.9 Å². The summed E-state index contributed by atoms with van der Waals surface area (Å²) in [5.41, 5.74) is -1.20. The van der Waals surface area contributed by atoms with E-state index in [4.69, 9.17) is 32.8 Å². The lowest BCUT2D eigenvalue weighted by Gasteiger charge is -2.18. The number of carbonyl (C=O) groups is 1. The third-order valence-corrected chi connectivity index (χ3v) is 4.91. The quantitative estimate of drug-likeness (QED) is 0.562. The van der Waals surface area contributed by atoms with E-state index in [1.165, 1.54) is 13.0 Å². The molecule has 0 radical (unpaired) electrons. The van der Waals surface area contributed by atoms with E-state index < -0.39 is 23.8 Å². The normalized spacial score (nSPS) is 18.6. The van der Waals surface area contributed by atoms with Crippen molar-refractivity contribution < 1.29 is 27.5 Å². The molecule has 1 aliphatic heterocycles. The molecule has 10 heteroatoms. The number of rotatable bonds is 5. The molecular weight excluding hydrogens is 432 g/mol. The van der Waals surface area contributed by atoms with E-state index in [1.807, 2.05) is 0 Å². The van der Waals surface area contributed by atoms with E-state index >= 15 is 0 Å². The fourth-order valence-electron chi connectivity index (χ4n) is 2.80. The summed E-state index contributed by atoms with van der Waals surface area (Å²) in [6, 6.07) is 3.40. The zero-order chi connectivity index (χ0) is 21.3. The number of esters is 1. The van der Waals surface area contributed by atoms with Crippen LogP contribution in [0.1, 0.15) is 37.8 Å². The highest BCUT2D eigenvalue weighted by atomic mass is 35.5. The second-order valence-electron chi connectivity index (χ2n) is 6.47. The van der Waals surface area contributed by atoms with Gasteiger partial charge in [-0.3, -0.25) is 4.98 Å². The molecule has 0 N–H and O–H groups in total. The van der Waals surface area contributed by atoms with E-state index in [1.54, 1.807) is 6.92 Å². The molecule has 0 fully saturated rings.